The minimum Gasteiger partial charge on any atom is -0.367 e. The summed E-state index contributed by atoms with van der Waals surface area (Å²) >= 11 is 0. The molecule has 2 aliphatic heterocycles. The second-order valence-electron chi connectivity index (χ2n) is 7.43. The molecule has 0 N–H and O–H groups in total. The Hall–Kier alpha value is -2.01. The van der Waals surface area contributed by atoms with Crippen molar-refractivity contribution in [1.82, 2.24) is 4.90 Å². The Labute approximate surface area is 152 Å². The molecule has 2 atom stereocenters. The molecule has 1 fully saturated rings. The van der Waals surface area contributed by atoms with Gasteiger partial charge in [0.25, 0.3) is 0 Å². The van der Waals surface area contributed by atoms with Crippen molar-refractivity contribution in [3.63, 3.8) is 0 Å². The number of hydrogen-bond donors (Lipinski definition) is 0. The summed E-state index contributed by atoms with van der Waals surface area (Å²) < 4.78 is 39.6. The SMILES string of the molecule is CN1CCC2C(C1)c1cc(C(F)(F)F)ccc1N2CCc1ccccc1. The normalized spacial score (nSPS) is 23.0. The monoisotopic (exact) mass is 360 g/mol. The van der Waals surface area contributed by atoms with Gasteiger partial charge in [-0.1, -0.05) is 30.3 Å². The third-order valence-corrected chi connectivity index (χ3v) is 5.73. The molecule has 2 aliphatic rings. The van der Waals surface area contributed by atoms with Crippen molar-refractivity contribution in [3.05, 3.63) is 65.2 Å². The van der Waals surface area contributed by atoms with Crippen molar-refractivity contribution in [2.24, 2.45) is 0 Å². The Bertz CT molecular complexity index is 773. The van der Waals surface area contributed by atoms with E-state index in [4.69, 9.17) is 0 Å². The Morgan fingerprint density at radius 3 is 2.58 bits per heavy atom. The first-order chi connectivity index (χ1) is 12.4. The predicted molar refractivity (Wildman–Crippen MR) is 97.6 cm³/mol. The zero-order chi connectivity index (χ0) is 18.3. The Kier molecular flexibility index (Phi) is 4.43. The molecule has 2 aromatic carbocycles. The number of nitrogens with zero attached hydrogens (tertiary/aromatic N) is 2. The topological polar surface area (TPSA) is 6.48 Å². The largest absolute Gasteiger partial charge is 0.416 e. The van der Waals surface area contributed by atoms with Crippen molar-refractivity contribution in [3.8, 4) is 0 Å². The van der Waals surface area contributed by atoms with Gasteiger partial charge in [0.2, 0.25) is 0 Å². The van der Waals surface area contributed by atoms with E-state index in [0.29, 0.717) is 6.04 Å². The molecule has 0 aromatic heterocycles. The number of anilines is 1. The van der Waals surface area contributed by atoms with Gasteiger partial charge in [0.05, 0.1) is 5.56 Å². The van der Waals surface area contributed by atoms with E-state index >= 15 is 0 Å². The fraction of sp³-hybridized carbons (Fsp3) is 0.429. The second-order valence-corrected chi connectivity index (χ2v) is 7.43. The number of benzene rings is 2. The van der Waals surface area contributed by atoms with Crippen LogP contribution < -0.4 is 4.90 Å². The minimum absolute atomic E-state index is 0.154. The maximum atomic E-state index is 13.2. The zero-order valence-electron chi connectivity index (χ0n) is 14.8. The Balaban J connectivity index is 1.65. The standard InChI is InChI=1S/C21H23F3N2/c1-25-11-10-20-18(14-25)17-13-16(21(22,23)24)7-8-19(17)26(20)12-9-15-5-3-2-4-6-15/h2-8,13,18,20H,9-12,14H2,1H3. The van der Waals surface area contributed by atoms with Crippen molar-refractivity contribution in [2.45, 2.75) is 31.0 Å². The van der Waals surface area contributed by atoms with Crippen molar-refractivity contribution < 1.29 is 13.2 Å². The number of halogens is 3. The molecule has 0 saturated carbocycles. The lowest BCUT2D eigenvalue weighted by molar-refractivity contribution is -0.137. The van der Waals surface area contributed by atoms with Gasteiger partial charge in [-0.05, 0) is 55.8 Å². The molecule has 0 amide bonds. The zero-order valence-corrected chi connectivity index (χ0v) is 14.8. The Morgan fingerprint density at radius 1 is 1.08 bits per heavy atom. The van der Waals surface area contributed by atoms with Gasteiger partial charge in [0.1, 0.15) is 0 Å². The van der Waals surface area contributed by atoms with Crippen LogP contribution in [0.4, 0.5) is 18.9 Å². The Morgan fingerprint density at radius 2 is 1.85 bits per heavy atom. The maximum absolute atomic E-state index is 13.2. The first-order valence-corrected chi connectivity index (χ1v) is 9.14. The summed E-state index contributed by atoms with van der Waals surface area (Å²) in [5, 5.41) is 0. The molecule has 2 heterocycles. The molecule has 0 bridgehead atoms. The molecule has 2 aromatic rings. The molecule has 2 nitrogen and oxygen atoms in total. The lowest BCUT2D eigenvalue weighted by atomic mass is 9.88. The number of piperidine rings is 1. The summed E-state index contributed by atoms with van der Waals surface area (Å²) in [7, 11) is 2.05. The van der Waals surface area contributed by atoms with Gasteiger partial charge in [-0.2, -0.15) is 13.2 Å². The lowest BCUT2D eigenvalue weighted by Gasteiger charge is -2.37. The molecule has 2 unspecified atom stereocenters. The van der Waals surface area contributed by atoms with Crippen molar-refractivity contribution >= 4 is 5.69 Å². The van der Waals surface area contributed by atoms with Crippen LogP contribution in [0.5, 0.6) is 0 Å². The molecule has 1 saturated heterocycles. The third kappa shape index (κ3) is 3.20. The van der Waals surface area contributed by atoms with Crippen molar-refractivity contribution in [2.75, 3.05) is 31.6 Å². The van der Waals surface area contributed by atoms with E-state index in [1.807, 2.05) is 18.2 Å². The van der Waals surface area contributed by atoms with Crippen LogP contribution in [0.2, 0.25) is 0 Å². The van der Waals surface area contributed by atoms with Gasteiger partial charge < -0.3 is 9.80 Å². The molecule has 5 heteroatoms. The summed E-state index contributed by atoms with van der Waals surface area (Å²) in [5.41, 5.74) is 2.58. The van der Waals surface area contributed by atoms with Gasteiger partial charge in [-0.15, -0.1) is 0 Å². The van der Waals surface area contributed by atoms with Crippen LogP contribution in [0.1, 0.15) is 29.0 Å². The fourth-order valence-corrected chi connectivity index (χ4v) is 4.43. The number of rotatable bonds is 3. The van der Waals surface area contributed by atoms with Crippen LogP contribution in [0.25, 0.3) is 0 Å². The van der Waals surface area contributed by atoms with E-state index in [0.717, 1.165) is 43.7 Å². The highest BCUT2D eigenvalue weighted by Gasteiger charge is 2.42. The predicted octanol–water partition coefficient (Wildman–Crippen LogP) is 4.56. The highest BCUT2D eigenvalue weighted by molar-refractivity contribution is 5.63. The molecule has 138 valence electrons. The summed E-state index contributed by atoms with van der Waals surface area (Å²) in [4.78, 5) is 4.58. The maximum Gasteiger partial charge on any atom is 0.416 e. The van der Waals surface area contributed by atoms with Gasteiger partial charge in [-0.3, -0.25) is 0 Å². The van der Waals surface area contributed by atoms with E-state index in [1.165, 1.54) is 17.7 Å². The van der Waals surface area contributed by atoms with Gasteiger partial charge in [0, 0.05) is 30.7 Å². The first-order valence-electron chi connectivity index (χ1n) is 9.14. The highest BCUT2D eigenvalue weighted by Crippen LogP contribution is 2.46. The van der Waals surface area contributed by atoms with Gasteiger partial charge in [-0.25, -0.2) is 0 Å². The summed E-state index contributed by atoms with van der Waals surface area (Å²) in [6, 6.07) is 14.9. The van der Waals surface area contributed by atoms with E-state index in [1.54, 1.807) is 6.07 Å². The number of likely N-dealkylation sites (N-methyl/N-ethyl adjacent to an activating group) is 1. The lowest BCUT2D eigenvalue weighted by Crippen LogP contribution is -2.45. The molecule has 0 spiro atoms. The molecule has 4 rings (SSSR count). The van der Waals surface area contributed by atoms with E-state index in [9.17, 15) is 13.2 Å². The van der Waals surface area contributed by atoms with Gasteiger partial charge >= 0.3 is 6.18 Å². The number of likely N-dealkylation sites (tertiary alicyclic amines) is 1. The molecule has 0 aliphatic carbocycles. The van der Waals surface area contributed by atoms with Crippen LogP contribution in [0.15, 0.2) is 48.5 Å². The van der Waals surface area contributed by atoms with E-state index in [-0.39, 0.29) is 5.92 Å². The van der Waals surface area contributed by atoms with Crippen LogP contribution in [0, 0.1) is 0 Å². The van der Waals surface area contributed by atoms with Crippen LogP contribution in [-0.2, 0) is 12.6 Å². The minimum atomic E-state index is -4.29. The highest BCUT2D eigenvalue weighted by atomic mass is 19.4. The molecule has 0 radical (unpaired) electrons. The van der Waals surface area contributed by atoms with Crippen molar-refractivity contribution in [1.29, 1.82) is 0 Å². The van der Waals surface area contributed by atoms with Gasteiger partial charge in [0.15, 0.2) is 0 Å². The van der Waals surface area contributed by atoms with E-state index in [2.05, 4.69) is 29.0 Å². The number of alkyl halides is 3. The smallest absolute Gasteiger partial charge is 0.367 e. The average molecular weight is 360 g/mol. The average Bonchev–Trinajstić information content (AvgIpc) is 2.92. The van der Waals surface area contributed by atoms with E-state index < -0.39 is 11.7 Å². The van der Waals surface area contributed by atoms with Crippen LogP contribution in [0.3, 0.4) is 0 Å². The van der Waals surface area contributed by atoms with Crippen LogP contribution in [-0.4, -0.2) is 37.6 Å². The quantitative estimate of drug-likeness (QED) is 0.792. The number of hydrogen-bond acceptors (Lipinski definition) is 2. The molecular formula is C21H23F3N2. The summed E-state index contributed by atoms with van der Waals surface area (Å²) in [6.45, 7) is 2.65. The summed E-state index contributed by atoms with van der Waals surface area (Å²) in [6.07, 6.45) is -2.39. The fourth-order valence-electron chi connectivity index (χ4n) is 4.43. The molecular weight excluding hydrogens is 337 g/mol. The first kappa shape index (κ1) is 17.4. The number of fused-ring (bicyclic) bond motifs is 3. The second kappa shape index (κ2) is 6.62. The molecule has 26 heavy (non-hydrogen) atoms. The summed E-state index contributed by atoms with van der Waals surface area (Å²) in [5.74, 6) is 0.154. The van der Waals surface area contributed by atoms with Crippen LogP contribution >= 0.6 is 0 Å². The third-order valence-electron chi connectivity index (χ3n) is 5.73.